The summed E-state index contributed by atoms with van der Waals surface area (Å²) in [5.41, 5.74) is 0.598. The van der Waals surface area contributed by atoms with Gasteiger partial charge in [0.15, 0.2) is 6.61 Å². The number of rotatable bonds is 6. The number of halogens is 1. The van der Waals surface area contributed by atoms with Crippen molar-refractivity contribution >= 4 is 17.8 Å². The molecule has 0 aliphatic rings. The van der Waals surface area contributed by atoms with Gasteiger partial charge in [0.25, 0.3) is 5.91 Å². The molecule has 0 unspecified atom stereocenters. The van der Waals surface area contributed by atoms with E-state index in [4.69, 9.17) is 9.15 Å². The van der Waals surface area contributed by atoms with Gasteiger partial charge in [0, 0.05) is 19.7 Å². The van der Waals surface area contributed by atoms with Crippen LogP contribution in [0.5, 0.6) is 0 Å². The smallest absolute Gasteiger partial charge is 0.374 e. The molecule has 0 spiro atoms. The molecule has 0 saturated heterocycles. The molecule has 0 aliphatic carbocycles. The van der Waals surface area contributed by atoms with E-state index in [9.17, 15) is 18.8 Å². The number of carbonyl (C=O) groups is 3. The first-order chi connectivity index (χ1) is 11.9. The number of nitrogens with one attached hydrogen (secondary N) is 1. The molecule has 1 heterocycles. The van der Waals surface area contributed by atoms with E-state index in [2.05, 4.69) is 5.32 Å². The molecule has 0 radical (unpaired) electrons. The van der Waals surface area contributed by atoms with Crippen molar-refractivity contribution in [3.05, 3.63) is 48.0 Å². The summed E-state index contributed by atoms with van der Waals surface area (Å²) in [7, 11) is 3.12. The lowest BCUT2D eigenvalue weighted by molar-refractivity contribution is -0.131. The number of likely N-dealkylation sites (N-methyl/N-ethyl adjacent to an activating group) is 1. The van der Waals surface area contributed by atoms with Crippen LogP contribution in [-0.2, 0) is 14.3 Å². The zero-order valence-corrected chi connectivity index (χ0v) is 13.7. The van der Waals surface area contributed by atoms with Crippen molar-refractivity contribution < 1.29 is 27.9 Å². The van der Waals surface area contributed by atoms with Gasteiger partial charge in [-0.2, -0.15) is 0 Å². The highest BCUT2D eigenvalue weighted by Crippen LogP contribution is 2.22. The van der Waals surface area contributed by atoms with Crippen LogP contribution in [0.2, 0.25) is 0 Å². The zero-order valence-electron chi connectivity index (χ0n) is 13.7. The van der Waals surface area contributed by atoms with Gasteiger partial charge in [-0.05, 0) is 36.4 Å². The van der Waals surface area contributed by atoms with Crippen LogP contribution >= 0.6 is 0 Å². The summed E-state index contributed by atoms with van der Waals surface area (Å²) in [6.45, 7) is -0.717. The number of benzene rings is 1. The van der Waals surface area contributed by atoms with Crippen molar-refractivity contribution in [3.8, 4) is 11.3 Å². The fourth-order valence-electron chi connectivity index (χ4n) is 1.80. The number of esters is 1. The monoisotopic (exact) mass is 348 g/mol. The van der Waals surface area contributed by atoms with Crippen LogP contribution in [0.15, 0.2) is 40.8 Å². The Bertz CT molecular complexity index is 768. The molecule has 2 amide bonds. The summed E-state index contributed by atoms with van der Waals surface area (Å²) in [4.78, 5) is 36.1. The second kappa shape index (κ2) is 8.09. The number of carbonyl (C=O) groups excluding carboxylic acids is 3. The maximum atomic E-state index is 12.9. The van der Waals surface area contributed by atoms with E-state index in [0.29, 0.717) is 11.3 Å². The number of hydrogen-bond donors (Lipinski definition) is 1. The first-order valence-corrected chi connectivity index (χ1v) is 7.36. The molecule has 25 heavy (non-hydrogen) atoms. The summed E-state index contributed by atoms with van der Waals surface area (Å²) in [5, 5.41) is 2.33. The molecular weight excluding hydrogens is 331 g/mol. The van der Waals surface area contributed by atoms with Crippen LogP contribution in [0, 0.1) is 5.82 Å². The van der Waals surface area contributed by atoms with E-state index in [0.717, 1.165) is 0 Å². The molecule has 1 aromatic carbocycles. The van der Waals surface area contributed by atoms with Crippen molar-refractivity contribution in [1.29, 1.82) is 0 Å². The molecule has 1 N–H and O–H groups in total. The molecule has 2 aromatic rings. The van der Waals surface area contributed by atoms with E-state index in [1.54, 1.807) is 20.2 Å². The molecule has 0 fully saturated rings. The van der Waals surface area contributed by atoms with E-state index in [1.165, 1.54) is 35.2 Å². The summed E-state index contributed by atoms with van der Waals surface area (Å²) in [5.74, 6) is -1.80. The number of ether oxygens (including phenoxy) is 1. The molecule has 0 bridgehead atoms. The molecule has 2 rings (SSSR count). The Kier molecular flexibility index (Phi) is 5.89. The van der Waals surface area contributed by atoms with Gasteiger partial charge in [-0.15, -0.1) is 0 Å². The average molecular weight is 348 g/mol. The third-order valence-corrected chi connectivity index (χ3v) is 3.21. The quantitative estimate of drug-likeness (QED) is 0.798. The molecule has 7 nitrogen and oxygen atoms in total. The van der Waals surface area contributed by atoms with Crippen LogP contribution in [0.3, 0.4) is 0 Å². The minimum Gasteiger partial charge on any atom is -0.450 e. The first kappa shape index (κ1) is 18.2. The summed E-state index contributed by atoms with van der Waals surface area (Å²) in [6.07, 6.45) is 0. The lowest BCUT2D eigenvalue weighted by Crippen LogP contribution is -2.38. The van der Waals surface area contributed by atoms with Crippen LogP contribution < -0.4 is 5.32 Å². The van der Waals surface area contributed by atoms with Crippen molar-refractivity contribution in [3.63, 3.8) is 0 Å². The topological polar surface area (TPSA) is 88.9 Å². The lowest BCUT2D eigenvalue weighted by Gasteiger charge is -2.10. The third-order valence-electron chi connectivity index (χ3n) is 3.21. The van der Waals surface area contributed by atoms with Gasteiger partial charge < -0.3 is 19.4 Å². The Morgan fingerprint density at radius 1 is 1.12 bits per heavy atom. The molecule has 0 aliphatic heterocycles. The number of hydrogen-bond acceptors (Lipinski definition) is 5. The number of amides is 2. The highest BCUT2D eigenvalue weighted by Gasteiger charge is 2.16. The lowest BCUT2D eigenvalue weighted by atomic mass is 10.2. The largest absolute Gasteiger partial charge is 0.450 e. The van der Waals surface area contributed by atoms with Gasteiger partial charge in [0.2, 0.25) is 11.7 Å². The molecule has 8 heteroatoms. The maximum Gasteiger partial charge on any atom is 0.374 e. The van der Waals surface area contributed by atoms with E-state index < -0.39 is 18.5 Å². The predicted octanol–water partition coefficient (Wildman–Crippen LogP) is 1.45. The highest BCUT2D eigenvalue weighted by molar-refractivity contribution is 5.90. The average Bonchev–Trinajstić information content (AvgIpc) is 3.08. The van der Waals surface area contributed by atoms with Gasteiger partial charge in [-0.3, -0.25) is 9.59 Å². The van der Waals surface area contributed by atoms with Gasteiger partial charge in [-0.25, -0.2) is 9.18 Å². The molecule has 132 valence electrons. The Balaban J connectivity index is 1.86. The van der Waals surface area contributed by atoms with Crippen LogP contribution in [0.25, 0.3) is 11.3 Å². The van der Waals surface area contributed by atoms with Gasteiger partial charge in [-0.1, -0.05) is 0 Å². The van der Waals surface area contributed by atoms with Crippen LogP contribution in [0.4, 0.5) is 4.39 Å². The van der Waals surface area contributed by atoms with Crippen molar-refractivity contribution in [2.75, 3.05) is 27.2 Å². The second-order valence-electron chi connectivity index (χ2n) is 5.31. The van der Waals surface area contributed by atoms with Gasteiger partial charge in [0.1, 0.15) is 11.6 Å². The second-order valence-corrected chi connectivity index (χ2v) is 5.31. The summed E-state index contributed by atoms with van der Waals surface area (Å²) >= 11 is 0. The fourth-order valence-corrected chi connectivity index (χ4v) is 1.80. The fraction of sp³-hybridized carbons (Fsp3) is 0.235. The predicted molar refractivity (Wildman–Crippen MR) is 86.1 cm³/mol. The normalized spacial score (nSPS) is 10.2. The molecule has 0 atom stereocenters. The van der Waals surface area contributed by atoms with E-state index >= 15 is 0 Å². The number of nitrogens with zero attached hydrogens (tertiary/aromatic N) is 1. The zero-order chi connectivity index (χ0) is 18.4. The molecular formula is C17H17FN2O5. The summed E-state index contributed by atoms with van der Waals surface area (Å²) in [6, 6.07) is 8.51. The third kappa shape index (κ3) is 5.17. The Labute approximate surface area is 143 Å². The van der Waals surface area contributed by atoms with Crippen LogP contribution in [0.1, 0.15) is 10.6 Å². The van der Waals surface area contributed by atoms with E-state index in [1.807, 2.05) is 0 Å². The minimum atomic E-state index is -0.817. The van der Waals surface area contributed by atoms with Crippen LogP contribution in [-0.4, -0.2) is 49.9 Å². The number of furan rings is 1. The molecule has 1 aromatic heterocycles. The van der Waals surface area contributed by atoms with Gasteiger partial charge >= 0.3 is 5.97 Å². The maximum absolute atomic E-state index is 12.9. The van der Waals surface area contributed by atoms with Crippen molar-refractivity contribution in [2.24, 2.45) is 0 Å². The first-order valence-electron chi connectivity index (χ1n) is 7.36. The Morgan fingerprint density at radius 2 is 1.80 bits per heavy atom. The van der Waals surface area contributed by atoms with Gasteiger partial charge in [0.05, 0.1) is 6.54 Å². The van der Waals surface area contributed by atoms with E-state index in [-0.39, 0.29) is 24.0 Å². The standard InChI is InChI=1S/C17H17FN2O5/c1-20(2)16(22)9-19-15(21)10-24-17(23)14-8-7-13(25-14)11-3-5-12(18)6-4-11/h3-8H,9-10H2,1-2H3,(H,19,21). The Morgan fingerprint density at radius 3 is 2.44 bits per heavy atom. The minimum absolute atomic E-state index is 0.0866. The van der Waals surface area contributed by atoms with Crippen molar-refractivity contribution in [1.82, 2.24) is 10.2 Å². The Hall–Kier alpha value is -3.16. The van der Waals surface area contributed by atoms with Crippen molar-refractivity contribution in [2.45, 2.75) is 0 Å². The summed E-state index contributed by atoms with van der Waals surface area (Å²) < 4.78 is 23.1. The molecule has 0 saturated carbocycles. The highest BCUT2D eigenvalue weighted by atomic mass is 19.1. The SMILES string of the molecule is CN(C)C(=O)CNC(=O)COC(=O)c1ccc(-c2ccc(F)cc2)o1.